The molecular weight excluding hydrogens is 486 g/mol. The number of amides is 1. The fraction of sp³-hybridized carbons (Fsp3) is 0.208. The first-order chi connectivity index (χ1) is 16.9. The van der Waals surface area contributed by atoms with Gasteiger partial charge in [0.25, 0.3) is 0 Å². The number of hydrogen-bond acceptors (Lipinski definition) is 7. The quantitative estimate of drug-likeness (QED) is 0.296. The van der Waals surface area contributed by atoms with Gasteiger partial charge in [0, 0.05) is 17.8 Å². The zero-order valence-electron chi connectivity index (χ0n) is 19.0. The predicted octanol–water partition coefficient (Wildman–Crippen LogP) is 3.41. The molecule has 2 N–H and O–H groups in total. The van der Waals surface area contributed by atoms with E-state index in [2.05, 4.69) is 20.2 Å². The van der Waals surface area contributed by atoms with Gasteiger partial charge in [-0.1, -0.05) is 42.1 Å². The van der Waals surface area contributed by atoms with Crippen LogP contribution in [0.25, 0.3) is 11.4 Å². The van der Waals surface area contributed by atoms with Crippen molar-refractivity contribution >= 4 is 33.4 Å². The van der Waals surface area contributed by atoms with Crippen molar-refractivity contribution in [1.29, 1.82) is 0 Å². The summed E-state index contributed by atoms with van der Waals surface area (Å²) in [5.74, 6) is 1.41. The molecule has 0 unspecified atom stereocenters. The van der Waals surface area contributed by atoms with Crippen LogP contribution in [0.15, 0.2) is 82.6 Å². The minimum absolute atomic E-state index is 0.0868. The molecule has 2 aromatic carbocycles. The molecule has 35 heavy (non-hydrogen) atoms. The third-order valence-corrected chi connectivity index (χ3v) is 6.54. The predicted molar refractivity (Wildman–Crippen MR) is 136 cm³/mol. The van der Waals surface area contributed by atoms with Gasteiger partial charge in [-0.25, -0.2) is 8.42 Å². The van der Waals surface area contributed by atoms with Crippen molar-refractivity contribution in [3.8, 4) is 11.4 Å². The highest BCUT2D eigenvalue weighted by Crippen LogP contribution is 2.26. The van der Waals surface area contributed by atoms with Crippen LogP contribution < -0.4 is 10.0 Å². The minimum atomic E-state index is -3.37. The molecule has 0 aliphatic carbocycles. The first-order valence-corrected chi connectivity index (χ1v) is 13.7. The lowest BCUT2D eigenvalue weighted by Gasteiger charge is -2.10. The zero-order chi connectivity index (χ0) is 24.7. The Balaban J connectivity index is 1.44. The van der Waals surface area contributed by atoms with E-state index in [1.54, 1.807) is 36.6 Å². The second kappa shape index (κ2) is 11.2. The molecule has 4 rings (SSSR count). The summed E-state index contributed by atoms with van der Waals surface area (Å²) < 4.78 is 32.8. The smallest absolute Gasteiger partial charge is 0.230 e. The molecule has 0 bridgehead atoms. The zero-order valence-corrected chi connectivity index (χ0v) is 20.7. The van der Waals surface area contributed by atoms with E-state index in [9.17, 15) is 13.2 Å². The normalized spacial score (nSPS) is 11.3. The molecule has 2 aromatic heterocycles. The monoisotopic (exact) mass is 511 g/mol. The van der Waals surface area contributed by atoms with Crippen LogP contribution in [-0.4, -0.2) is 47.6 Å². The number of furan rings is 1. The van der Waals surface area contributed by atoms with E-state index in [-0.39, 0.29) is 11.7 Å². The first-order valence-electron chi connectivity index (χ1n) is 10.8. The Morgan fingerprint density at radius 3 is 2.49 bits per heavy atom. The van der Waals surface area contributed by atoms with Gasteiger partial charge in [0.1, 0.15) is 5.76 Å². The number of rotatable bonds is 11. The topological polar surface area (TPSA) is 119 Å². The molecule has 11 heteroatoms. The average Bonchev–Trinajstić information content (AvgIpc) is 3.48. The van der Waals surface area contributed by atoms with Gasteiger partial charge >= 0.3 is 0 Å². The lowest BCUT2D eigenvalue weighted by molar-refractivity contribution is -0.118. The summed E-state index contributed by atoms with van der Waals surface area (Å²) in [7, 11) is -3.37. The van der Waals surface area contributed by atoms with Crippen LogP contribution in [0.1, 0.15) is 11.3 Å². The largest absolute Gasteiger partial charge is 0.467 e. The van der Waals surface area contributed by atoms with Gasteiger partial charge in [0.05, 0.1) is 24.8 Å². The summed E-state index contributed by atoms with van der Waals surface area (Å²) in [4.78, 5) is 12.4. The van der Waals surface area contributed by atoms with Crippen molar-refractivity contribution in [2.24, 2.45) is 0 Å². The molecule has 0 fully saturated rings. The maximum atomic E-state index is 12.4. The third-order valence-electron chi connectivity index (χ3n) is 4.97. The number of hydrogen-bond donors (Lipinski definition) is 2. The van der Waals surface area contributed by atoms with Gasteiger partial charge in [-0.15, -0.1) is 10.2 Å². The summed E-state index contributed by atoms with van der Waals surface area (Å²) in [6.45, 7) is 0.943. The van der Waals surface area contributed by atoms with E-state index in [4.69, 9.17) is 4.42 Å². The van der Waals surface area contributed by atoms with Crippen LogP contribution in [0.2, 0.25) is 0 Å². The van der Waals surface area contributed by atoms with Gasteiger partial charge in [0.2, 0.25) is 15.9 Å². The Kier molecular flexibility index (Phi) is 7.88. The summed E-state index contributed by atoms with van der Waals surface area (Å²) in [5.41, 5.74) is 2.37. The summed E-state index contributed by atoms with van der Waals surface area (Å²) in [5, 5.41) is 12.1. The lowest BCUT2D eigenvalue weighted by atomic mass is 10.1. The fourth-order valence-electron chi connectivity index (χ4n) is 3.38. The van der Waals surface area contributed by atoms with Gasteiger partial charge < -0.3 is 9.73 Å². The number of thioether (sulfide) groups is 1. The molecule has 182 valence electrons. The number of anilines is 1. The standard InChI is InChI=1S/C24H25N5O4S2/c1-35(31,32)28-20-11-9-19(10-12-20)23-26-27-24(29(23)16-21-8-5-15-33-21)34-17-22(30)25-14-13-18-6-3-2-4-7-18/h2-12,15,28H,13-14,16-17H2,1H3,(H,25,30). The molecular formula is C24H25N5O4S2. The Morgan fingerprint density at radius 1 is 1.03 bits per heavy atom. The highest BCUT2D eigenvalue weighted by molar-refractivity contribution is 7.99. The van der Waals surface area contributed by atoms with Gasteiger partial charge in [-0.2, -0.15) is 0 Å². The van der Waals surface area contributed by atoms with Crippen LogP contribution in [-0.2, 0) is 27.8 Å². The van der Waals surface area contributed by atoms with Crippen LogP contribution in [0.3, 0.4) is 0 Å². The van der Waals surface area contributed by atoms with Gasteiger partial charge in [-0.3, -0.25) is 14.1 Å². The SMILES string of the molecule is CS(=O)(=O)Nc1ccc(-c2nnc(SCC(=O)NCCc3ccccc3)n2Cc2ccco2)cc1. The van der Waals surface area contributed by atoms with Crippen molar-refractivity contribution in [3.05, 3.63) is 84.3 Å². The van der Waals surface area contributed by atoms with Crippen molar-refractivity contribution in [3.63, 3.8) is 0 Å². The Morgan fingerprint density at radius 2 is 1.80 bits per heavy atom. The molecule has 0 aliphatic heterocycles. The average molecular weight is 512 g/mol. The second-order valence-corrected chi connectivity index (χ2v) is 10.5. The Bertz CT molecular complexity index is 1350. The number of benzene rings is 2. The molecule has 0 spiro atoms. The van der Waals surface area contributed by atoms with Crippen molar-refractivity contribution in [2.45, 2.75) is 18.1 Å². The lowest BCUT2D eigenvalue weighted by Crippen LogP contribution is -2.27. The van der Waals surface area contributed by atoms with E-state index < -0.39 is 10.0 Å². The molecule has 9 nitrogen and oxygen atoms in total. The maximum Gasteiger partial charge on any atom is 0.230 e. The number of nitrogens with one attached hydrogen (secondary N) is 2. The van der Waals surface area contributed by atoms with Crippen LogP contribution in [0.5, 0.6) is 0 Å². The van der Waals surface area contributed by atoms with E-state index in [1.807, 2.05) is 41.0 Å². The molecule has 1 amide bonds. The highest BCUT2D eigenvalue weighted by Gasteiger charge is 2.17. The third kappa shape index (κ3) is 7.20. The highest BCUT2D eigenvalue weighted by atomic mass is 32.2. The van der Waals surface area contributed by atoms with E-state index >= 15 is 0 Å². The van der Waals surface area contributed by atoms with Gasteiger partial charge in [0.15, 0.2) is 11.0 Å². The Labute approximate surface area is 208 Å². The maximum absolute atomic E-state index is 12.4. The molecule has 2 heterocycles. The minimum Gasteiger partial charge on any atom is -0.467 e. The van der Waals surface area contributed by atoms with Crippen LogP contribution >= 0.6 is 11.8 Å². The number of sulfonamides is 1. The molecule has 0 radical (unpaired) electrons. The van der Waals surface area contributed by atoms with Crippen molar-refractivity contribution < 1.29 is 17.6 Å². The van der Waals surface area contributed by atoms with E-state index in [1.165, 1.54) is 17.3 Å². The fourth-order valence-corrected chi connectivity index (χ4v) is 4.72. The number of carbonyl (C=O) groups excluding carboxylic acids is 1. The van der Waals surface area contributed by atoms with Crippen molar-refractivity contribution in [1.82, 2.24) is 20.1 Å². The Hall–Kier alpha value is -3.57. The molecule has 0 saturated carbocycles. The van der Waals surface area contributed by atoms with Gasteiger partial charge in [-0.05, 0) is 48.4 Å². The molecule has 0 atom stereocenters. The van der Waals surface area contributed by atoms with E-state index in [0.29, 0.717) is 29.8 Å². The number of carbonyl (C=O) groups is 1. The summed E-state index contributed by atoms with van der Waals surface area (Å²) in [6.07, 6.45) is 3.46. The number of nitrogens with zero attached hydrogens (tertiary/aromatic N) is 3. The molecule has 0 saturated heterocycles. The molecule has 4 aromatic rings. The molecule has 0 aliphatic rings. The second-order valence-electron chi connectivity index (χ2n) is 7.80. The van der Waals surface area contributed by atoms with E-state index in [0.717, 1.165) is 24.0 Å². The van der Waals surface area contributed by atoms with Crippen LogP contribution in [0.4, 0.5) is 5.69 Å². The van der Waals surface area contributed by atoms with Crippen molar-refractivity contribution in [2.75, 3.05) is 23.3 Å². The summed E-state index contributed by atoms with van der Waals surface area (Å²) in [6, 6.07) is 20.5. The first kappa shape index (κ1) is 24.6. The summed E-state index contributed by atoms with van der Waals surface area (Å²) >= 11 is 1.29. The van der Waals surface area contributed by atoms with Crippen LogP contribution in [0, 0.1) is 0 Å². The number of aromatic nitrogens is 3.